The molecule has 12 heteroatoms. The van der Waals surface area contributed by atoms with Crippen molar-refractivity contribution in [1.82, 2.24) is 15.1 Å². The summed E-state index contributed by atoms with van der Waals surface area (Å²) in [6.07, 6.45) is -0.891. The Morgan fingerprint density at radius 2 is 1.45 bits per heavy atom. The number of imide groups is 1. The molecule has 0 unspecified atom stereocenters. The normalized spacial score (nSPS) is 22.3. The summed E-state index contributed by atoms with van der Waals surface area (Å²) in [5.74, 6) is 3.10. The number of amides is 4. The Balaban J connectivity index is 1.26. The molecule has 7 atom stereocenters. The number of urea groups is 1. The van der Waals surface area contributed by atoms with Crippen LogP contribution in [0.2, 0.25) is 0 Å². The summed E-state index contributed by atoms with van der Waals surface area (Å²) in [7, 11) is 1.98. The second-order valence-electron chi connectivity index (χ2n) is 17.2. The number of carbonyl (C=O) groups is 4. The van der Waals surface area contributed by atoms with Gasteiger partial charge in [-0.25, -0.2) is 9.69 Å². The van der Waals surface area contributed by atoms with E-state index in [1.54, 1.807) is 42.5 Å². The van der Waals surface area contributed by atoms with Crippen molar-refractivity contribution < 1.29 is 33.8 Å². The third-order valence-electron chi connectivity index (χ3n) is 13.0. The first-order valence-electron chi connectivity index (χ1n) is 22.4. The highest BCUT2D eigenvalue weighted by molar-refractivity contribution is 6.24. The van der Waals surface area contributed by atoms with Gasteiger partial charge in [0.2, 0.25) is 11.8 Å². The number of fused-ring (bicyclic) bond motifs is 3. The number of rotatable bonds is 12. The lowest BCUT2D eigenvalue weighted by Gasteiger charge is -2.46. The summed E-state index contributed by atoms with van der Waals surface area (Å²) >= 11 is 0. The maximum absolute atomic E-state index is 16.3. The zero-order chi connectivity index (χ0) is 46.7. The lowest BCUT2D eigenvalue weighted by atomic mass is 9.65. The molecule has 0 radical (unpaired) electrons. The van der Waals surface area contributed by atoms with Crippen LogP contribution >= 0.6 is 0 Å². The van der Waals surface area contributed by atoms with Crippen molar-refractivity contribution in [3.8, 4) is 17.6 Å². The lowest BCUT2D eigenvalue weighted by molar-refractivity contribution is -0.178. The van der Waals surface area contributed by atoms with Gasteiger partial charge in [0.25, 0.3) is 0 Å². The third-order valence-corrected chi connectivity index (χ3v) is 13.0. The highest BCUT2D eigenvalue weighted by Gasteiger charge is 2.75. The number of morpholine rings is 1. The standard InChI is InChI=1S/C55H51N5O7/c1-36(39-19-9-4-10-20-39)57-54(65)59-45-30-25-37(18-15-31-58(2)35-38-16-7-3-8-17-38)34-44(45)55(53(59)64)46(51(56)62)48-52(63)67-49(41-23-13-6-14-24-41)47(40-21-11-5-12-22-40)60(48)50(55)42-26-28-43(29-27-42)66-33-32-61/h3-14,16-17,19-30,34,36,46-50,61H,31-33,35H2,1-2H3,(H2,56,62)(H,57,65)/t36-,46-,47-,48-,49+,50+,55-/m1/s1. The van der Waals surface area contributed by atoms with E-state index in [1.165, 1.54) is 0 Å². The summed E-state index contributed by atoms with van der Waals surface area (Å²) in [6.45, 7) is 2.77. The van der Waals surface area contributed by atoms with Gasteiger partial charge in [0.1, 0.15) is 29.9 Å². The van der Waals surface area contributed by atoms with Crippen LogP contribution in [0, 0.1) is 17.8 Å². The Bertz CT molecular complexity index is 2820. The average Bonchev–Trinajstić information content (AvgIpc) is 3.81. The molecule has 4 amide bonds. The van der Waals surface area contributed by atoms with E-state index >= 15 is 9.59 Å². The van der Waals surface area contributed by atoms with Crippen LogP contribution < -0.4 is 20.7 Å². The molecule has 4 N–H and O–H groups in total. The minimum absolute atomic E-state index is 0.0501. The van der Waals surface area contributed by atoms with Crippen LogP contribution in [-0.2, 0) is 31.1 Å². The summed E-state index contributed by atoms with van der Waals surface area (Å²) < 4.78 is 12.2. The number of aliphatic hydroxyl groups excluding tert-OH is 1. The van der Waals surface area contributed by atoms with Crippen LogP contribution in [0.15, 0.2) is 164 Å². The first kappa shape index (κ1) is 44.6. The number of aliphatic hydroxyl groups is 1. The van der Waals surface area contributed by atoms with E-state index in [4.69, 9.17) is 15.2 Å². The summed E-state index contributed by atoms with van der Waals surface area (Å²) in [5.41, 5.74) is 9.62. The van der Waals surface area contributed by atoms with Gasteiger partial charge in [-0.15, -0.1) is 0 Å². The number of anilines is 1. The van der Waals surface area contributed by atoms with Crippen LogP contribution in [0.1, 0.15) is 70.1 Å². The van der Waals surface area contributed by atoms with E-state index in [-0.39, 0.29) is 18.9 Å². The average molecular weight is 894 g/mol. The van der Waals surface area contributed by atoms with Crippen LogP contribution in [0.3, 0.4) is 0 Å². The molecule has 1 spiro atoms. The number of ether oxygens (including phenoxy) is 2. The largest absolute Gasteiger partial charge is 0.491 e. The number of nitrogens with two attached hydrogens (primary N) is 1. The highest BCUT2D eigenvalue weighted by Crippen LogP contribution is 2.65. The van der Waals surface area contributed by atoms with Crippen LogP contribution in [-0.4, -0.2) is 71.6 Å². The van der Waals surface area contributed by atoms with Crippen molar-refractivity contribution in [2.24, 2.45) is 11.7 Å². The SMILES string of the molecule is C[C@@H](NC(=O)N1C(=O)[C@@]2(c3cc(C#CCN(C)Cc4ccccc4)ccc31)[C@H](c1ccc(OCCO)cc1)N1[C@H](c3ccccc3)[C@H](c3ccccc3)OC(=O)[C@H]1[C@@H]2C(N)=O)c1ccccc1. The number of hydrogen-bond acceptors (Lipinski definition) is 9. The Hall–Kier alpha value is -7.56. The van der Waals surface area contributed by atoms with Crippen molar-refractivity contribution in [2.75, 3.05) is 31.7 Å². The van der Waals surface area contributed by atoms with Gasteiger partial charge in [-0.05, 0) is 77.7 Å². The number of nitrogens with zero attached hydrogens (tertiary/aromatic N) is 3. The van der Waals surface area contributed by atoms with Gasteiger partial charge < -0.3 is 25.6 Å². The van der Waals surface area contributed by atoms with Crippen molar-refractivity contribution in [1.29, 1.82) is 0 Å². The predicted octanol–water partition coefficient (Wildman–Crippen LogP) is 7.16. The van der Waals surface area contributed by atoms with Crippen LogP contribution in [0.25, 0.3) is 0 Å². The highest BCUT2D eigenvalue weighted by atomic mass is 16.6. The molecule has 0 saturated carbocycles. The first-order valence-corrected chi connectivity index (χ1v) is 22.4. The van der Waals surface area contributed by atoms with E-state index in [0.717, 1.165) is 21.6 Å². The van der Waals surface area contributed by atoms with Gasteiger partial charge in [-0.1, -0.05) is 145 Å². The van der Waals surface area contributed by atoms with Gasteiger partial charge in [0, 0.05) is 12.1 Å². The van der Waals surface area contributed by atoms with E-state index in [0.29, 0.717) is 41.1 Å². The molecule has 0 aromatic heterocycles. The lowest BCUT2D eigenvalue weighted by Crippen LogP contribution is -2.55. The van der Waals surface area contributed by atoms with Crippen molar-refractivity contribution in [3.05, 3.63) is 203 Å². The Kier molecular flexibility index (Phi) is 12.7. The van der Waals surface area contributed by atoms with E-state index in [1.807, 2.05) is 128 Å². The third kappa shape index (κ3) is 8.34. The number of cyclic esters (lactones) is 1. The monoisotopic (exact) mass is 893 g/mol. The second kappa shape index (κ2) is 19.1. The van der Waals surface area contributed by atoms with Gasteiger partial charge >= 0.3 is 12.0 Å². The molecule has 2 saturated heterocycles. The molecule has 338 valence electrons. The summed E-state index contributed by atoms with van der Waals surface area (Å²) in [5, 5.41) is 12.6. The fourth-order valence-corrected chi connectivity index (χ4v) is 10.2. The van der Waals surface area contributed by atoms with Crippen molar-refractivity contribution in [3.63, 3.8) is 0 Å². The molecule has 67 heavy (non-hydrogen) atoms. The quantitative estimate of drug-likeness (QED) is 0.0858. The fourth-order valence-electron chi connectivity index (χ4n) is 10.2. The van der Waals surface area contributed by atoms with Gasteiger partial charge in [-0.2, -0.15) is 0 Å². The van der Waals surface area contributed by atoms with Crippen LogP contribution in [0.5, 0.6) is 5.75 Å². The maximum Gasteiger partial charge on any atom is 0.329 e. The van der Waals surface area contributed by atoms with Gasteiger partial charge in [0.05, 0.1) is 42.9 Å². The molecule has 3 heterocycles. The number of benzene rings is 6. The molecule has 0 aliphatic carbocycles. The minimum Gasteiger partial charge on any atom is -0.491 e. The zero-order valence-electron chi connectivity index (χ0n) is 37.2. The minimum atomic E-state index is -1.99. The molecule has 12 nitrogen and oxygen atoms in total. The molecule has 3 aliphatic rings. The molecular formula is C55H51N5O7. The number of primary amides is 1. The summed E-state index contributed by atoms with van der Waals surface area (Å²) in [6, 6.07) is 46.1. The number of carbonyl (C=O) groups excluding carboxylic acids is 4. The Morgan fingerprint density at radius 1 is 0.821 bits per heavy atom. The zero-order valence-corrected chi connectivity index (χ0v) is 37.2. The first-order chi connectivity index (χ1) is 32.6. The smallest absolute Gasteiger partial charge is 0.329 e. The van der Waals surface area contributed by atoms with Crippen molar-refractivity contribution in [2.45, 2.75) is 49.2 Å². The molecule has 3 aliphatic heterocycles. The molecule has 2 fully saturated rings. The number of nitrogens with one attached hydrogen (secondary N) is 1. The summed E-state index contributed by atoms with van der Waals surface area (Å²) in [4.78, 5) is 65.9. The molecule has 6 aromatic rings. The van der Waals surface area contributed by atoms with Crippen LogP contribution in [0.4, 0.5) is 10.5 Å². The Morgan fingerprint density at radius 3 is 2.09 bits per heavy atom. The van der Waals surface area contributed by atoms with E-state index < -0.39 is 65.4 Å². The Labute approximate surface area is 389 Å². The molecule has 6 aromatic carbocycles. The number of esters is 1. The maximum atomic E-state index is 16.3. The number of hydrogen-bond donors (Lipinski definition) is 3. The van der Waals surface area contributed by atoms with Gasteiger partial charge in [0.15, 0.2) is 0 Å². The van der Waals surface area contributed by atoms with E-state index in [9.17, 15) is 14.7 Å². The van der Waals surface area contributed by atoms with Gasteiger partial charge in [-0.3, -0.25) is 24.2 Å². The molecule has 9 rings (SSSR count). The second-order valence-corrected chi connectivity index (χ2v) is 17.2. The van der Waals surface area contributed by atoms with E-state index in [2.05, 4.69) is 34.2 Å². The predicted molar refractivity (Wildman–Crippen MR) is 253 cm³/mol. The molecular weight excluding hydrogens is 843 g/mol. The molecule has 0 bridgehead atoms. The fraction of sp³-hybridized carbons (Fsp3) is 0.236. The topological polar surface area (TPSA) is 155 Å². The van der Waals surface area contributed by atoms with Crippen molar-refractivity contribution >= 4 is 29.5 Å².